The Bertz CT molecular complexity index is 716. The minimum atomic E-state index is -0.617. The summed E-state index contributed by atoms with van der Waals surface area (Å²) in [5.74, 6) is 0.936. The van der Waals surface area contributed by atoms with Crippen LogP contribution in [0.15, 0.2) is 36.7 Å². The molecule has 0 radical (unpaired) electrons. The third-order valence-electron chi connectivity index (χ3n) is 6.18. The molecule has 0 amide bonds. The molecule has 0 saturated carbocycles. The number of benzene rings is 1. The van der Waals surface area contributed by atoms with Gasteiger partial charge in [-0.2, -0.15) is 0 Å². The number of rotatable bonds is 7. The van der Waals surface area contributed by atoms with Crippen LogP contribution in [-0.2, 0) is 19.5 Å². The molecule has 27 heavy (non-hydrogen) atoms. The van der Waals surface area contributed by atoms with Crippen LogP contribution in [0, 0.1) is 0 Å². The number of aryl methyl sites for hydroxylation is 2. The van der Waals surface area contributed by atoms with Gasteiger partial charge in [0.1, 0.15) is 12.2 Å². The van der Waals surface area contributed by atoms with Crippen LogP contribution in [-0.4, -0.2) is 56.0 Å². The lowest BCUT2D eigenvalue weighted by Crippen LogP contribution is -2.62. The number of fused-ring (bicyclic) bond motifs is 1. The summed E-state index contributed by atoms with van der Waals surface area (Å²) < 4.78 is 2.11. The fourth-order valence-electron chi connectivity index (χ4n) is 4.72. The van der Waals surface area contributed by atoms with E-state index in [9.17, 15) is 5.11 Å². The van der Waals surface area contributed by atoms with Gasteiger partial charge in [-0.05, 0) is 50.8 Å². The third kappa shape index (κ3) is 4.39. The zero-order valence-electron chi connectivity index (χ0n) is 16.1. The Morgan fingerprint density at radius 2 is 2.00 bits per heavy atom. The number of piperidine rings is 2. The lowest BCUT2D eigenvalue weighted by atomic mass is 9.79. The predicted octanol–water partition coefficient (Wildman–Crippen LogP) is 1.99. The van der Waals surface area contributed by atoms with Crippen molar-refractivity contribution in [2.75, 3.05) is 19.6 Å². The molecule has 0 aliphatic carbocycles. The van der Waals surface area contributed by atoms with Crippen molar-refractivity contribution < 1.29 is 5.11 Å². The van der Waals surface area contributed by atoms with Crippen LogP contribution < -0.4 is 5.32 Å². The maximum Gasteiger partial charge on any atom is 0.146 e. The van der Waals surface area contributed by atoms with E-state index in [4.69, 9.17) is 0 Å². The van der Waals surface area contributed by atoms with E-state index in [1.54, 1.807) is 6.33 Å². The maximum atomic E-state index is 11.3. The van der Waals surface area contributed by atoms with Gasteiger partial charge in [-0.1, -0.05) is 36.8 Å². The minimum Gasteiger partial charge on any atom is -0.387 e. The smallest absolute Gasteiger partial charge is 0.146 e. The Kier molecular flexibility index (Phi) is 5.86. The van der Waals surface area contributed by atoms with Crippen molar-refractivity contribution in [2.45, 2.75) is 63.3 Å². The van der Waals surface area contributed by atoms with Crippen LogP contribution in [0.25, 0.3) is 0 Å². The highest BCUT2D eigenvalue weighted by Gasteiger charge is 2.43. The molecule has 2 aliphatic heterocycles. The van der Waals surface area contributed by atoms with Crippen LogP contribution in [0.1, 0.15) is 43.5 Å². The summed E-state index contributed by atoms with van der Waals surface area (Å²) in [6, 6.07) is 10.8. The second kappa shape index (κ2) is 8.50. The molecule has 4 rings (SSSR count). The number of aromatic nitrogens is 3. The van der Waals surface area contributed by atoms with E-state index in [0.29, 0.717) is 19.1 Å². The van der Waals surface area contributed by atoms with Gasteiger partial charge in [-0.15, -0.1) is 10.2 Å². The van der Waals surface area contributed by atoms with Gasteiger partial charge in [0.15, 0.2) is 0 Å². The number of nitrogens with zero attached hydrogens (tertiary/aromatic N) is 4. The average molecular weight is 370 g/mol. The second-order valence-corrected chi connectivity index (χ2v) is 8.03. The van der Waals surface area contributed by atoms with Gasteiger partial charge in [0.2, 0.25) is 0 Å². The van der Waals surface area contributed by atoms with E-state index >= 15 is 0 Å². The average Bonchev–Trinajstić information content (AvgIpc) is 3.15. The molecule has 6 heteroatoms. The van der Waals surface area contributed by atoms with Crippen LogP contribution in [0.2, 0.25) is 0 Å². The fourth-order valence-corrected chi connectivity index (χ4v) is 4.72. The van der Waals surface area contributed by atoms with Crippen LogP contribution in [0.5, 0.6) is 0 Å². The van der Waals surface area contributed by atoms with Crippen molar-refractivity contribution in [3.63, 3.8) is 0 Å². The molecule has 2 fully saturated rings. The summed E-state index contributed by atoms with van der Waals surface area (Å²) in [4.78, 5) is 2.50. The lowest BCUT2D eigenvalue weighted by molar-refractivity contribution is -0.0920. The highest BCUT2D eigenvalue weighted by molar-refractivity contribution is 5.14. The summed E-state index contributed by atoms with van der Waals surface area (Å²) in [6.45, 7) is 4.42. The standard InChI is InChI=1S/C21H31N5O/c27-21(11-6-13-25-12-5-4-9-19(21)25)16-22-15-20-24-23-17-26(20)14-10-18-7-2-1-3-8-18/h1-3,7-8,17,19,22,27H,4-6,9-16H2/t19-,21-/m1/s1. The molecule has 2 atom stereocenters. The number of hydrogen-bond donors (Lipinski definition) is 2. The summed E-state index contributed by atoms with van der Waals surface area (Å²) in [7, 11) is 0. The lowest BCUT2D eigenvalue weighted by Gasteiger charge is -2.49. The molecule has 2 aromatic rings. The Morgan fingerprint density at radius 1 is 1.15 bits per heavy atom. The topological polar surface area (TPSA) is 66.2 Å². The maximum absolute atomic E-state index is 11.3. The Balaban J connectivity index is 1.31. The molecule has 6 nitrogen and oxygen atoms in total. The number of aliphatic hydroxyl groups is 1. The molecule has 1 aromatic carbocycles. The summed E-state index contributed by atoms with van der Waals surface area (Å²) >= 11 is 0. The summed E-state index contributed by atoms with van der Waals surface area (Å²) in [5, 5.41) is 23.1. The zero-order chi connectivity index (χ0) is 18.5. The molecule has 2 N–H and O–H groups in total. The molecule has 2 aliphatic rings. The van der Waals surface area contributed by atoms with Crippen LogP contribution >= 0.6 is 0 Å². The molecule has 3 heterocycles. The quantitative estimate of drug-likeness (QED) is 0.781. The molecule has 2 saturated heterocycles. The Hall–Kier alpha value is -1.76. The molecule has 146 valence electrons. The first-order valence-corrected chi connectivity index (χ1v) is 10.3. The van der Waals surface area contributed by atoms with E-state index < -0.39 is 5.60 Å². The van der Waals surface area contributed by atoms with Gasteiger partial charge in [-0.3, -0.25) is 4.90 Å². The Morgan fingerprint density at radius 3 is 2.89 bits per heavy atom. The van der Waals surface area contributed by atoms with E-state index in [2.05, 4.69) is 49.2 Å². The van der Waals surface area contributed by atoms with Gasteiger partial charge in [0.05, 0.1) is 12.1 Å². The van der Waals surface area contributed by atoms with Crippen molar-refractivity contribution in [1.29, 1.82) is 0 Å². The number of nitrogens with one attached hydrogen (secondary N) is 1. The second-order valence-electron chi connectivity index (χ2n) is 8.03. The van der Waals surface area contributed by atoms with E-state index in [0.717, 1.165) is 51.1 Å². The highest BCUT2D eigenvalue weighted by atomic mass is 16.3. The first-order valence-electron chi connectivity index (χ1n) is 10.3. The van der Waals surface area contributed by atoms with Crippen molar-refractivity contribution in [2.24, 2.45) is 0 Å². The predicted molar refractivity (Wildman–Crippen MR) is 105 cm³/mol. The van der Waals surface area contributed by atoms with Crippen molar-refractivity contribution in [1.82, 2.24) is 25.0 Å². The first kappa shape index (κ1) is 18.6. The van der Waals surface area contributed by atoms with Gasteiger partial charge >= 0.3 is 0 Å². The van der Waals surface area contributed by atoms with Gasteiger partial charge < -0.3 is 15.0 Å². The molecule has 0 unspecified atom stereocenters. The van der Waals surface area contributed by atoms with Gasteiger partial charge in [0, 0.05) is 19.1 Å². The highest BCUT2D eigenvalue weighted by Crippen LogP contribution is 2.33. The van der Waals surface area contributed by atoms with Crippen molar-refractivity contribution >= 4 is 0 Å². The van der Waals surface area contributed by atoms with E-state index in [-0.39, 0.29) is 0 Å². The number of hydrogen-bond acceptors (Lipinski definition) is 5. The fraction of sp³-hybridized carbons (Fsp3) is 0.619. The molecule has 0 bridgehead atoms. The van der Waals surface area contributed by atoms with Crippen molar-refractivity contribution in [3.8, 4) is 0 Å². The van der Waals surface area contributed by atoms with Crippen LogP contribution in [0.3, 0.4) is 0 Å². The molecule has 1 aromatic heterocycles. The van der Waals surface area contributed by atoms with Crippen LogP contribution in [0.4, 0.5) is 0 Å². The zero-order valence-corrected chi connectivity index (χ0v) is 16.1. The normalized spacial score (nSPS) is 26.0. The van der Waals surface area contributed by atoms with Gasteiger partial charge in [-0.25, -0.2) is 0 Å². The first-order chi connectivity index (χ1) is 13.2. The summed E-state index contributed by atoms with van der Waals surface area (Å²) in [6.07, 6.45) is 8.36. The summed E-state index contributed by atoms with van der Waals surface area (Å²) in [5.41, 5.74) is 0.701. The van der Waals surface area contributed by atoms with E-state index in [1.807, 2.05) is 6.07 Å². The largest absolute Gasteiger partial charge is 0.387 e. The third-order valence-corrected chi connectivity index (χ3v) is 6.18. The Labute approximate surface area is 161 Å². The molecular weight excluding hydrogens is 338 g/mol. The monoisotopic (exact) mass is 369 g/mol. The van der Waals surface area contributed by atoms with E-state index in [1.165, 1.54) is 18.4 Å². The molecule has 0 spiro atoms. The minimum absolute atomic E-state index is 0.309. The van der Waals surface area contributed by atoms with Gasteiger partial charge in [0.25, 0.3) is 0 Å². The molecular formula is C21H31N5O. The van der Waals surface area contributed by atoms with Crippen molar-refractivity contribution in [3.05, 3.63) is 48.0 Å². The SMILES string of the molecule is O[C@@]1(CNCc2nncn2CCc2ccccc2)CCCN2CCCC[C@@H]21.